The van der Waals surface area contributed by atoms with Crippen molar-refractivity contribution in [2.75, 3.05) is 0 Å². The Bertz CT molecular complexity index is 3780. The largest absolute Gasteiger partial charge is 0.309 e. The van der Waals surface area contributed by atoms with E-state index in [9.17, 15) is 2.74 Å². The van der Waals surface area contributed by atoms with Crippen LogP contribution in [0.15, 0.2) is 224 Å². The van der Waals surface area contributed by atoms with Crippen molar-refractivity contribution in [2.24, 2.45) is 0 Å². The molecular formula is C56H37N3. The minimum atomic E-state index is -0.636. The van der Waals surface area contributed by atoms with E-state index in [0.29, 0.717) is 17.1 Å². The zero-order chi connectivity index (χ0) is 47.0. The van der Waals surface area contributed by atoms with E-state index in [2.05, 4.69) is 108 Å². The zero-order valence-electron chi connectivity index (χ0n) is 40.5. The molecular weight excluding hydrogens is 715 g/mol. The molecule has 0 unspecified atom stereocenters. The molecule has 2 heterocycles. The third-order valence-corrected chi connectivity index (χ3v) is 10.8. The van der Waals surface area contributed by atoms with Crippen LogP contribution in [0.5, 0.6) is 0 Å². The third kappa shape index (κ3) is 6.26. The van der Waals surface area contributed by atoms with Crippen LogP contribution in [0.25, 0.3) is 106 Å². The lowest BCUT2D eigenvalue weighted by Crippen LogP contribution is -1.96. The predicted octanol–water partition coefficient (Wildman–Crippen LogP) is 14.7. The summed E-state index contributed by atoms with van der Waals surface area (Å²) in [5.41, 5.74) is 8.79. The lowest BCUT2D eigenvalue weighted by atomic mass is 9.92. The van der Waals surface area contributed by atoms with Crippen molar-refractivity contribution >= 4 is 32.6 Å². The third-order valence-electron chi connectivity index (χ3n) is 10.8. The summed E-state index contributed by atoms with van der Waals surface area (Å²) in [4.78, 5) is 9.87. The number of para-hydroxylation sites is 2. The van der Waals surface area contributed by atoms with Gasteiger partial charge in [-0.3, -0.25) is 0 Å². The minimum absolute atomic E-state index is 0.112. The second-order valence-electron chi connectivity index (χ2n) is 14.3. The summed E-state index contributed by atoms with van der Waals surface area (Å²) in [5.74, 6) is 0.302. The van der Waals surface area contributed by atoms with Crippen molar-refractivity contribution in [2.45, 2.75) is 0 Å². The van der Waals surface area contributed by atoms with E-state index in [1.54, 1.807) is 6.07 Å². The van der Waals surface area contributed by atoms with Gasteiger partial charge in [0.25, 0.3) is 0 Å². The summed E-state index contributed by atoms with van der Waals surface area (Å²) in [6, 6.07) is 52.0. The maximum Gasteiger partial charge on any atom is 0.160 e. The van der Waals surface area contributed by atoms with Gasteiger partial charge in [-0.1, -0.05) is 188 Å². The number of nitrogens with zero attached hydrogens (tertiary/aromatic N) is 3. The number of hydrogen-bond donors (Lipinski definition) is 0. The number of benzene rings is 9. The fourth-order valence-electron chi connectivity index (χ4n) is 7.99. The highest BCUT2D eigenvalue weighted by Crippen LogP contribution is 2.39. The van der Waals surface area contributed by atoms with Crippen molar-refractivity contribution in [3.63, 3.8) is 0 Å². The van der Waals surface area contributed by atoms with Crippen molar-refractivity contribution < 1.29 is 12.3 Å². The first-order valence-corrected chi connectivity index (χ1v) is 19.3. The Morgan fingerprint density at radius 3 is 1.66 bits per heavy atom. The average Bonchev–Trinajstić information content (AvgIpc) is 3.72. The fourth-order valence-corrected chi connectivity index (χ4v) is 7.99. The highest BCUT2D eigenvalue weighted by atomic mass is 15.0. The molecule has 0 aliphatic carbocycles. The Kier molecular flexibility index (Phi) is 6.45. The topological polar surface area (TPSA) is 30.7 Å². The van der Waals surface area contributed by atoms with Gasteiger partial charge in [-0.25, -0.2) is 9.97 Å². The lowest BCUT2D eigenvalue weighted by Gasteiger charge is -2.14. The summed E-state index contributed by atoms with van der Waals surface area (Å²) in [7, 11) is 0. The molecule has 0 fully saturated rings. The standard InChI is InChI=1S/C56H37N3/c1-4-14-38(15-5-1)39-26-30-42(31-27-39)52-37-53(58-56(57-52)43-16-6-2-7-17-43)49-34-33-46(47-20-10-11-21-48(47)49)41-28-24-40(25-29-41)44-32-35-55-51(36-44)50-22-12-13-23-54(50)59(55)45-18-8-3-9-19-45/h1-37H/i1D,4D,5D,14D,15D,26D,27D,30D,31D. The maximum atomic E-state index is 9.22. The summed E-state index contributed by atoms with van der Waals surface area (Å²) >= 11 is 0. The predicted molar refractivity (Wildman–Crippen MR) is 246 cm³/mol. The molecule has 0 aliphatic heterocycles. The van der Waals surface area contributed by atoms with Crippen LogP contribution in [-0.4, -0.2) is 14.5 Å². The Morgan fingerprint density at radius 2 is 0.898 bits per heavy atom. The molecule has 0 N–H and O–H groups in total. The quantitative estimate of drug-likeness (QED) is 0.162. The molecule has 276 valence electrons. The van der Waals surface area contributed by atoms with E-state index in [1.165, 1.54) is 10.8 Å². The van der Waals surface area contributed by atoms with Crippen LogP contribution in [0.2, 0.25) is 0 Å². The highest BCUT2D eigenvalue weighted by Gasteiger charge is 2.16. The van der Waals surface area contributed by atoms with Crippen LogP contribution in [0, 0.1) is 0 Å². The molecule has 0 radical (unpaired) electrons. The molecule has 0 saturated heterocycles. The maximum absolute atomic E-state index is 9.22. The van der Waals surface area contributed by atoms with Gasteiger partial charge in [0.15, 0.2) is 5.82 Å². The average molecular weight is 761 g/mol. The van der Waals surface area contributed by atoms with Crippen LogP contribution in [0.1, 0.15) is 12.3 Å². The van der Waals surface area contributed by atoms with Gasteiger partial charge in [0, 0.05) is 33.2 Å². The van der Waals surface area contributed by atoms with E-state index in [-0.39, 0.29) is 16.8 Å². The van der Waals surface area contributed by atoms with Gasteiger partial charge in [-0.05, 0) is 80.6 Å². The normalized spacial score (nSPS) is 13.5. The van der Waals surface area contributed by atoms with Crippen molar-refractivity contribution in [3.05, 3.63) is 224 Å². The summed E-state index contributed by atoms with van der Waals surface area (Å²) < 4.78 is 80.4. The molecule has 11 aromatic rings. The van der Waals surface area contributed by atoms with E-state index >= 15 is 0 Å². The van der Waals surface area contributed by atoms with Crippen LogP contribution >= 0.6 is 0 Å². The first kappa shape index (κ1) is 26.1. The minimum Gasteiger partial charge on any atom is -0.309 e. The van der Waals surface area contributed by atoms with Gasteiger partial charge in [-0.15, -0.1) is 0 Å². The highest BCUT2D eigenvalue weighted by molar-refractivity contribution is 6.10. The molecule has 0 saturated carbocycles. The number of hydrogen-bond acceptors (Lipinski definition) is 2. The molecule has 59 heavy (non-hydrogen) atoms. The summed E-state index contributed by atoms with van der Waals surface area (Å²) in [5, 5.41) is 4.24. The van der Waals surface area contributed by atoms with Gasteiger partial charge in [0.2, 0.25) is 0 Å². The number of aromatic nitrogens is 3. The molecule has 0 aliphatic rings. The lowest BCUT2D eigenvalue weighted by molar-refractivity contribution is 1.18. The molecule has 3 nitrogen and oxygen atoms in total. The van der Waals surface area contributed by atoms with Crippen molar-refractivity contribution in [3.8, 4) is 73.0 Å². The Morgan fingerprint density at radius 1 is 0.339 bits per heavy atom. The van der Waals surface area contributed by atoms with Crippen molar-refractivity contribution in [1.82, 2.24) is 14.5 Å². The molecule has 0 atom stereocenters. The van der Waals surface area contributed by atoms with E-state index < -0.39 is 59.9 Å². The zero-order valence-corrected chi connectivity index (χ0v) is 31.5. The Labute approximate surface area is 355 Å². The van der Waals surface area contributed by atoms with Gasteiger partial charge < -0.3 is 4.57 Å². The smallest absolute Gasteiger partial charge is 0.160 e. The van der Waals surface area contributed by atoms with Gasteiger partial charge in [-0.2, -0.15) is 0 Å². The second kappa shape index (κ2) is 14.6. The molecule has 2 aromatic heterocycles. The molecule has 3 heteroatoms. The first-order valence-electron chi connectivity index (χ1n) is 23.8. The SMILES string of the molecule is [2H]c1c([2H])c([2H])c(-c2c([2H])c([2H])c(-c3cc(-c4ccc(-c5ccc(-c6ccc7c(c6)c6ccccc6n7-c6ccccc6)cc5)c5ccccc45)nc(-c4ccccc4)n3)c([2H])c2[2H])c([2H])c1[2H]. The van der Waals surface area contributed by atoms with Gasteiger partial charge in [0.1, 0.15) is 0 Å². The molecule has 0 bridgehead atoms. The Balaban J connectivity index is 1.01. The van der Waals surface area contributed by atoms with Crippen LogP contribution in [-0.2, 0) is 0 Å². The number of rotatable bonds is 7. The van der Waals surface area contributed by atoms with E-state index in [1.807, 2.05) is 60.7 Å². The number of fused-ring (bicyclic) bond motifs is 4. The first-order chi connectivity index (χ1) is 33.0. The van der Waals surface area contributed by atoms with E-state index in [4.69, 9.17) is 19.6 Å². The molecule has 0 spiro atoms. The van der Waals surface area contributed by atoms with Crippen LogP contribution < -0.4 is 0 Å². The summed E-state index contributed by atoms with van der Waals surface area (Å²) in [6.45, 7) is 0. The second-order valence-corrected chi connectivity index (χ2v) is 14.3. The van der Waals surface area contributed by atoms with Crippen LogP contribution in [0.3, 0.4) is 0 Å². The van der Waals surface area contributed by atoms with Crippen molar-refractivity contribution in [1.29, 1.82) is 0 Å². The molecule has 9 aromatic carbocycles. The monoisotopic (exact) mass is 760 g/mol. The fraction of sp³-hybridized carbons (Fsp3) is 0. The summed E-state index contributed by atoms with van der Waals surface area (Å²) in [6.07, 6.45) is 0. The van der Waals surface area contributed by atoms with E-state index in [0.717, 1.165) is 55.3 Å². The van der Waals surface area contributed by atoms with Crippen LogP contribution in [0.4, 0.5) is 0 Å². The molecule has 11 rings (SSSR count). The molecule has 0 amide bonds. The Hall–Kier alpha value is -7.88. The van der Waals surface area contributed by atoms with Gasteiger partial charge in [0.05, 0.1) is 34.8 Å². The van der Waals surface area contributed by atoms with Gasteiger partial charge >= 0.3 is 0 Å².